The van der Waals surface area contributed by atoms with E-state index >= 15 is 0 Å². The number of methoxy groups -OCH3 is 1. The highest BCUT2D eigenvalue weighted by atomic mass is 79.9. The van der Waals surface area contributed by atoms with Crippen molar-refractivity contribution in [3.05, 3.63) is 56.1 Å². The van der Waals surface area contributed by atoms with Crippen LogP contribution in [-0.4, -0.2) is 29.5 Å². The van der Waals surface area contributed by atoms with Gasteiger partial charge in [-0.2, -0.15) is 5.10 Å². The lowest BCUT2D eigenvalue weighted by atomic mass is 10.0. The highest BCUT2D eigenvalue weighted by Crippen LogP contribution is 2.45. The number of nitrogens with zero attached hydrogens (tertiary/aromatic N) is 2. The third-order valence-corrected chi connectivity index (χ3v) is 5.46. The molecule has 150 valence electrons. The molecule has 0 amide bonds. The molecule has 0 radical (unpaired) electrons. The largest absolute Gasteiger partial charge is 0.496 e. The number of fused-ring (bicyclic) bond motifs is 3. The summed E-state index contributed by atoms with van der Waals surface area (Å²) in [6.45, 7) is 2.22. The lowest BCUT2D eigenvalue weighted by molar-refractivity contribution is 0.0514. The van der Waals surface area contributed by atoms with Gasteiger partial charge in [0.2, 0.25) is 5.69 Å². The summed E-state index contributed by atoms with van der Waals surface area (Å²) in [5.74, 6) is 0.467. The summed E-state index contributed by atoms with van der Waals surface area (Å²) in [5, 5.41) is 5.38. The minimum absolute atomic E-state index is 0.0931. The summed E-state index contributed by atoms with van der Waals surface area (Å²) >= 11 is 15.9. The highest BCUT2D eigenvalue weighted by molar-refractivity contribution is 9.10. The molecular formula is C20H15BrCl2N2O4. The van der Waals surface area contributed by atoms with Gasteiger partial charge in [-0.3, -0.25) is 0 Å². The number of benzene rings is 2. The zero-order valence-corrected chi connectivity index (χ0v) is 18.6. The van der Waals surface area contributed by atoms with Crippen LogP contribution in [-0.2, 0) is 11.3 Å². The predicted molar refractivity (Wildman–Crippen MR) is 114 cm³/mol. The van der Waals surface area contributed by atoms with E-state index in [-0.39, 0.29) is 18.9 Å². The Labute approximate surface area is 185 Å². The first-order valence-corrected chi connectivity index (χ1v) is 10.2. The van der Waals surface area contributed by atoms with E-state index in [1.807, 2.05) is 12.1 Å². The zero-order chi connectivity index (χ0) is 20.7. The third-order valence-electron chi connectivity index (χ3n) is 4.41. The summed E-state index contributed by atoms with van der Waals surface area (Å²) in [4.78, 5) is 12.5. The number of rotatable bonds is 4. The van der Waals surface area contributed by atoms with Crippen molar-refractivity contribution < 1.29 is 19.0 Å². The molecule has 0 N–H and O–H groups in total. The molecule has 9 heteroatoms. The quantitative estimate of drug-likeness (QED) is 0.433. The van der Waals surface area contributed by atoms with Crippen molar-refractivity contribution in [2.45, 2.75) is 13.5 Å². The summed E-state index contributed by atoms with van der Waals surface area (Å²) in [6.07, 6.45) is 0. The van der Waals surface area contributed by atoms with Gasteiger partial charge >= 0.3 is 5.97 Å². The standard InChI is InChI=1S/C20H15BrCl2N2O4/c1-3-28-20(26)17-19-18(25(24-17)13-6-11(22)5-12(23)7-13)14-8-15(21)16(27-2)4-10(14)9-29-19/h4-8H,3,9H2,1-2H3. The van der Waals surface area contributed by atoms with Gasteiger partial charge in [-0.15, -0.1) is 0 Å². The molecule has 2 heterocycles. The van der Waals surface area contributed by atoms with Gasteiger partial charge in [0.05, 0.1) is 23.9 Å². The smallest absolute Gasteiger partial charge is 0.362 e. The van der Waals surface area contributed by atoms with Crippen molar-refractivity contribution in [1.29, 1.82) is 0 Å². The van der Waals surface area contributed by atoms with Crippen molar-refractivity contribution in [3.8, 4) is 28.4 Å². The van der Waals surface area contributed by atoms with Gasteiger partial charge in [0.1, 0.15) is 18.1 Å². The van der Waals surface area contributed by atoms with Crippen LogP contribution in [0.2, 0.25) is 10.0 Å². The van der Waals surface area contributed by atoms with Crippen molar-refractivity contribution in [2.75, 3.05) is 13.7 Å². The molecule has 0 spiro atoms. The van der Waals surface area contributed by atoms with Crippen LogP contribution in [0.3, 0.4) is 0 Å². The Balaban J connectivity index is 2.00. The molecule has 0 unspecified atom stereocenters. The number of esters is 1. The van der Waals surface area contributed by atoms with Gasteiger partial charge in [0.25, 0.3) is 0 Å². The van der Waals surface area contributed by atoms with Crippen LogP contribution < -0.4 is 9.47 Å². The predicted octanol–water partition coefficient (Wildman–Crippen LogP) is 5.69. The molecule has 29 heavy (non-hydrogen) atoms. The molecule has 1 aliphatic heterocycles. The Kier molecular flexibility index (Phi) is 5.46. The highest BCUT2D eigenvalue weighted by Gasteiger charge is 2.32. The van der Waals surface area contributed by atoms with Crippen LogP contribution in [0, 0.1) is 0 Å². The van der Waals surface area contributed by atoms with Gasteiger partial charge in [-0.1, -0.05) is 23.2 Å². The first kappa shape index (κ1) is 20.1. The number of hydrogen-bond acceptors (Lipinski definition) is 5. The maximum atomic E-state index is 12.5. The first-order chi connectivity index (χ1) is 13.9. The monoisotopic (exact) mass is 496 g/mol. The Morgan fingerprint density at radius 1 is 1.24 bits per heavy atom. The number of aromatic nitrogens is 2. The molecular weight excluding hydrogens is 483 g/mol. The molecule has 0 atom stereocenters. The minimum Gasteiger partial charge on any atom is -0.496 e. The Morgan fingerprint density at radius 2 is 1.97 bits per heavy atom. The van der Waals surface area contributed by atoms with E-state index in [0.29, 0.717) is 32.9 Å². The molecule has 0 bridgehead atoms. The maximum Gasteiger partial charge on any atom is 0.362 e. The van der Waals surface area contributed by atoms with Crippen molar-refractivity contribution in [3.63, 3.8) is 0 Å². The van der Waals surface area contributed by atoms with Gasteiger partial charge in [-0.05, 0) is 53.2 Å². The summed E-state index contributed by atoms with van der Waals surface area (Å²) in [6, 6.07) is 8.84. The van der Waals surface area contributed by atoms with Crippen LogP contribution >= 0.6 is 39.1 Å². The van der Waals surface area contributed by atoms with Gasteiger partial charge in [-0.25, -0.2) is 9.48 Å². The molecule has 3 aromatic rings. The summed E-state index contributed by atoms with van der Waals surface area (Å²) in [7, 11) is 1.60. The Bertz CT molecular complexity index is 1110. The fourth-order valence-corrected chi connectivity index (χ4v) is 4.22. The molecule has 4 rings (SSSR count). The number of carbonyl (C=O) groups is 1. The molecule has 0 fully saturated rings. The minimum atomic E-state index is -0.563. The second-order valence-electron chi connectivity index (χ2n) is 6.22. The summed E-state index contributed by atoms with van der Waals surface area (Å²) in [5.41, 5.74) is 3.03. The van der Waals surface area contributed by atoms with Gasteiger partial charge in [0.15, 0.2) is 5.75 Å². The maximum absolute atomic E-state index is 12.5. The van der Waals surface area contributed by atoms with Gasteiger partial charge in [0, 0.05) is 21.2 Å². The fourth-order valence-electron chi connectivity index (χ4n) is 3.20. The van der Waals surface area contributed by atoms with E-state index in [1.54, 1.807) is 36.9 Å². The third kappa shape index (κ3) is 3.58. The lowest BCUT2D eigenvalue weighted by Crippen LogP contribution is -2.10. The lowest BCUT2D eigenvalue weighted by Gasteiger charge is -2.21. The van der Waals surface area contributed by atoms with E-state index in [9.17, 15) is 4.79 Å². The topological polar surface area (TPSA) is 62.6 Å². The molecule has 6 nitrogen and oxygen atoms in total. The molecule has 1 aromatic heterocycles. The number of carbonyl (C=O) groups excluding carboxylic acids is 1. The first-order valence-electron chi connectivity index (χ1n) is 8.69. The number of halogens is 3. The van der Waals surface area contributed by atoms with Crippen LogP contribution in [0.4, 0.5) is 0 Å². The van der Waals surface area contributed by atoms with Crippen LogP contribution in [0.1, 0.15) is 23.0 Å². The van der Waals surface area contributed by atoms with Gasteiger partial charge < -0.3 is 14.2 Å². The van der Waals surface area contributed by atoms with Crippen molar-refractivity contribution in [2.24, 2.45) is 0 Å². The van der Waals surface area contributed by atoms with E-state index < -0.39 is 5.97 Å². The second kappa shape index (κ2) is 7.89. The Morgan fingerprint density at radius 3 is 2.62 bits per heavy atom. The van der Waals surface area contributed by atoms with Crippen LogP contribution in [0.5, 0.6) is 11.5 Å². The molecule has 0 saturated carbocycles. The normalized spacial score (nSPS) is 12.0. The fraction of sp³-hybridized carbons (Fsp3) is 0.200. The van der Waals surface area contributed by atoms with Crippen molar-refractivity contribution in [1.82, 2.24) is 9.78 Å². The average molecular weight is 498 g/mol. The SMILES string of the molecule is CCOC(=O)c1nn(-c2cc(Cl)cc(Cl)c2)c2c1OCc1cc(OC)c(Br)cc1-2. The zero-order valence-electron chi connectivity index (χ0n) is 15.5. The van der Waals surface area contributed by atoms with Crippen LogP contribution in [0.25, 0.3) is 16.9 Å². The number of ether oxygens (including phenoxy) is 3. The van der Waals surface area contributed by atoms with Crippen molar-refractivity contribution >= 4 is 45.1 Å². The average Bonchev–Trinajstić information content (AvgIpc) is 3.07. The Hall–Kier alpha value is -2.22. The van der Waals surface area contributed by atoms with E-state index in [0.717, 1.165) is 15.6 Å². The molecule has 0 saturated heterocycles. The summed E-state index contributed by atoms with van der Waals surface area (Å²) < 4.78 is 18.8. The molecule has 1 aliphatic rings. The number of hydrogen-bond donors (Lipinski definition) is 0. The van der Waals surface area contributed by atoms with Crippen LogP contribution in [0.15, 0.2) is 34.8 Å². The van der Waals surface area contributed by atoms with E-state index in [4.69, 9.17) is 37.4 Å². The molecule has 0 aliphatic carbocycles. The van der Waals surface area contributed by atoms with E-state index in [2.05, 4.69) is 21.0 Å². The molecule has 2 aromatic carbocycles. The second-order valence-corrected chi connectivity index (χ2v) is 7.95. The van der Waals surface area contributed by atoms with E-state index in [1.165, 1.54) is 0 Å².